The third-order valence-corrected chi connectivity index (χ3v) is 2.95. The van der Waals surface area contributed by atoms with Gasteiger partial charge >= 0.3 is 11.7 Å². The maximum Gasteiger partial charge on any atom is 0.356 e. The molecule has 0 saturated heterocycles. The number of nitrogens with zero attached hydrogens (tertiary/aromatic N) is 2. The Morgan fingerprint density at radius 1 is 1.38 bits per heavy atom. The number of ether oxygens (including phenoxy) is 1. The first-order chi connectivity index (χ1) is 10.0. The van der Waals surface area contributed by atoms with Crippen LogP contribution in [0.4, 0.5) is 5.69 Å². The summed E-state index contributed by atoms with van der Waals surface area (Å²) in [5, 5.41) is 11.0. The molecule has 21 heavy (non-hydrogen) atoms. The third-order valence-electron chi connectivity index (χ3n) is 2.66. The largest absolute Gasteiger partial charge is 0.461 e. The molecule has 6 nitrogen and oxygen atoms in total. The van der Waals surface area contributed by atoms with Gasteiger partial charge in [-0.1, -0.05) is 41.9 Å². The Kier molecular flexibility index (Phi) is 4.49. The molecule has 0 saturated carbocycles. The van der Waals surface area contributed by atoms with Crippen LogP contribution in [-0.4, -0.2) is 22.5 Å². The molecule has 1 aromatic carbocycles. The molecular weight excluding hydrogens is 296 g/mol. The van der Waals surface area contributed by atoms with E-state index in [-0.39, 0.29) is 28.7 Å². The molecule has 0 atom stereocenters. The fourth-order valence-corrected chi connectivity index (χ4v) is 2.05. The van der Waals surface area contributed by atoms with Crippen molar-refractivity contribution in [1.82, 2.24) is 4.98 Å². The number of rotatable bonds is 4. The minimum absolute atomic E-state index is 0.0381. The van der Waals surface area contributed by atoms with Gasteiger partial charge in [-0.15, -0.1) is 0 Å². The summed E-state index contributed by atoms with van der Waals surface area (Å²) in [6, 6.07) is 9.65. The molecule has 0 aliphatic carbocycles. The van der Waals surface area contributed by atoms with Crippen LogP contribution in [-0.2, 0) is 4.74 Å². The fourth-order valence-electron chi connectivity index (χ4n) is 1.79. The molecule has 1 heterocycles. The molecule has 0 aliphatic heterocycles. The molecule has 2 rings (SSSR count). The molecule has 0 unspecified atom stereocenters. The van der Waals surface area contributed by atoms with Crippen molar-refractivity contribution in [2.24, 2.45) is 0 Å². The highest BCUT2D eigenvalue weighted by Gasteiger charge is 2.25. The van der Waals surface area contributed by atoms with E-state index in [4.69, 9.17) is 16.3 Å². The third kappa shape index (κ3) is 3.17. The number of aromatic nitrogens is 1. The number of halogens is 1. The average molecular weight is 307 g/mol. The maximum atomic E-state index is 11.7. The van der Waals surface area contributed by atoms with Gasteiger partial charge in [-0.25, -0.2) is 9.78 Å². The van der Waals surface area contributed by atoms with Gasteiger partial charge in [0.1, 0.15) is 5.02 Å². The molecule has 0 amide bonds. The van der Waals surface area contributed by atoms with Crippen molar-refractivity contribution in [3.63, 3.8) is 0 Å². The second-order valence-corrected chi connectivity index (χ2v) is 4.44. The second-order valence-electron chi connectivity index (χ2n) is 4.03. The summed E-state index contributed by atoms with van der Waals surface area (Å²) in [5.74, 6) is -0.675. The smallest absolute Gasteiger partial charge is 0.356 e. The predicted molar refractivity (Wildman–Crippen MR) is 77.3 cm³/mol. The van der Waals surface area contributed by atoms with Crippen LogP contribution in [0.15, 0.2) is 36.4 Å². The number of nitro groups is 1. The zero-order valence-electron chi connectivity index (χ0n) is 11.1. The Labute approximate surface area is 125 Å². The predicted octanol–water partition coefficient (Wildman–Crippen LogP) is 3.49. The monoisotopic (exact) mass is 306 g/mol. The highest BCUT2D eigenvalue weighted by Crippen LogP contribution is 2.34. The number of pyridine rings is 1. The summed E-state index contributed by atoms with van der Waals surface area (Å²) >= 11 is 5.93. The van der Waals surface area contributed by atoms with Gasteiger partial charge in [0.15, 0.2) is 11.4 Å². The van der Waals surface area contributed by atoms with Crippen LogP contribution in [0.25, 0.3) is 11.3 Å². The van der Waals surface area contributed by atoms with Crippen molar-refractivity contribution in [3.8, 4) is 11.3 Å². The van der Waals surface area contributed by atoms with E-state index in [1.54, 1.807) is 37.3 Å². The van der Waals surface area contributed by atoms with Gasteiger partial charge in [-0.05, 0) is 13.0 Å². The molecule has 0 spiro atoms. The van der Waals surface area contributed by atoms with E-state index in [1.165, 1.54) is 0 Å². The topological polar surface area (TPSA) is 82.3 Å². The van der Waals surface area contributed by atoms with Crippen LogP contribution >= 0.6 is 11.6 Å². The molecule has 0 fully saturated rings. The van der Waals surface area contributed by atoms with Crippen LogP contribution in [0.5, 0.6) is 0 Å². The van der Waals surface area contributed by atoms with Crippen molar-refractivity contribution in [3.05, 3.63) is 57.2 Å². The van der Waals surface area contributed by atoms with Gasteiger partial charge in [0.25, 0.3) is 0 Å². The van der Waals surface area contributed by atoms with Gasteiger partial charge in [0.2, 0.25) is 0 Å². The zero-order chi connectivity index (χ0) is 15.4. The van der Waals surface area contributed by atoms with E-state index >= 15 is 0 Å². The Hall–Kier alpha value is -2.47. The highest BCUT2D eigenvalue weighted by atomic mass is 35.5. The SMILES string of the molecule is CCOC(=O)c1cc(Cl)c([N+](=O)[O-])c(-c2ccccc2)n1. The van der Waals surface area contributed by atoms with Gasteiger partial charge < -0.3 is 4.74 Å². The lowest BCUT2D eigenvalue weighted by atomic mass is 10.1. The Bertz CT molecular complexity index is 689. The van der Waals surface area contributed by atoms with Crippen molar-refractivity contribution < 1.29 is 14.5 Å². The number of esters is 1. The van der Waals surface area contributed by atoms with Crippen LogP contribution < -0.4 is 0 Å². The summed E-state index contributed by atoms with van der Waals surface area (Å²) in [6.07, 6.45) is 0. The number of carbonyl (C=O) groups excluding carboxylic acids is 1. The minimum atomic E-state index is -0.675. The Balaban J connectivity index is 2.65. The van der Waals surface area contributed by atoms with E-state index in [1.807, 2.05) is 0 Å². The summed E-state index contributed by atoms with van der Waals surface area (Å²) in [6.45, 7) is 1.83. The molecular formula is C14H11ClN2O4. The van der Waals surface area contributed by atoms with E-state index < -0.39 is 10.9 Å². The number of hydrogen-bond acceptors (Lipinski definition) is 5. The van der Waals surface area contributed by atoms with Crippen LogP contribution in [0.2, 0.25) is 5.02 Å². The van der Waals surface area contributed by atoms with Crippen molar-refractivity contribution in [2.75, 3.05) is 6.61 Å². The molecule has 0 aliphatic rings. The van der Waals surface area contributed by atoms with Crippen LogP contribution in [0.1, 0.15) is 17.4 Å². The van der Waals surface area contributed by atoms with Gasteiger partial charge in [0, 0.05) is 5.56 Å². The molecule has 0 radical (unpaired) electrons. The van der Waals surface area contributed by atoms with Crippen molar-refractivity contribution in [2.45, 2.75) is 6.92 Å². The number of carbonyl (C=O) groups is 1. The minimum Gasteiger partial charge on any atom is -0.461 e. The van der Waals surface area contributed by atoms with Gasteiger partial charge in [-0.3, -0.25) is 10.1 Å². The van der Waals surface area contributed by atoms with Crippen molar-refractivity contribution >= 4 is 23.3 Å². The first kappa shape index (κ1) is 14.9. The van der Waals surface area contributed by atoms with E-state index in [0.717, 1.165) is 6.07 Å². The quantitative estimate of drug-likeness (QED) is 0.490. The van der Waals surface area contributed by atoms with Gasteiger partial charge in [0.05, 0.1) is 11.5 Å². The first-order valence-electron chi connectivity index (χ1n) is 6.12. The maximum absolute atomic E-state index is 11.7. The van der Waals surface area contributed by atoms with E-state index in [2.05, 4.69) is 4.98 Å². The summed E-state index contributed by atoms with van der Waals surface area (Å²) in [5.41, 5.74) is 0.135. The zero-order valence-corrected chi connectivity index (χ0v) is 11.8. The second kappa shape index (κ2) is 6.32. The molecule has 1 aromatic heterocycles. The Morgan fingerprint density at radius 2 is 2.05 bits per heavy atom. The summed E-state index contributed by atoms with van der Waals surface area (Å²) in [7, 11) is 0. The van der Waals surface area contributed by atoms with E-state index in [0.29, 0.717) is 5.56 Å². The van der Waals surface area contributed by atoms with Crippen LogP contribution in [0, 0.1) is 10.1 Å². The molecule has 0 N–H and O–H groups in total. The van der Waals surface area contributed by atoms with Crippen LogP contribution in [0.3, 0.4) is 0 Å². The highest BCUT2D eigenvalue weighted by molar-refractivity contribution is 6.33. The first-order valence-corrected chi connectivity index (χ1v) is 6.49. The van der Waals surface area contributed by atoms with Gasteiger partial charge in [-0.2, -0.15) is 0 Å². The molecule has 108 valence electrons. The van der Waals surface area contributed by atoms with E-state index in [9.17, 15) is 14.9 Å². The normalized spacial score (nSPS) is 10.2. The van der Waals surface area contributed by atoms with Crippen molar-refractivity contribution in [1.29, 1.82) is 0 Å². The molecule has 7 heteroatoms. The Morgan fingerprint density at radius 3 is 2.62 bits per heavy atom. The average Bonchev–Trinajstić information content (AvgIpc) is 2.47. The summed E-state index contributed by atoms with van der Waals surface area (Å²) in [4.78, 5) is 26.4. The lowest BCUT2D eigenvalue weighted by molar-refractivity contribution is -0.384. The lowest BCUT2D eigenvalue weighted by Crippen LogP contribution is -2.09. The standard InChI is InChI=1S/C14H11ClN2O4/c1-2-21-14(18)11-8-10(15)13(17(19)20)12(16-11)9-6-4-3-5-7-9/h3-8H,2H2,1H3. The number of benzene rings is 1. The summed E-state index contributed by atoms with van der Waals surface area (Å²) < 4.78 is 4.84. The fraction of sp³-hybridized carbons (Fsp3) is 0.143. The number of hydrogen-bond donors (Lipinski definition) is 0. The molecule has 0 bridgehead atoms. The lowest BCUT2D eigenvalue weighted by Gasteiger charge is -2.07. The molecule has 2 aromatic rings.